The van der Waals surface area contributed by atoms with E-state index in [1.54, 1.807) is 151 Å². The second-order valence-electron chi connectivity index (χ2n) is 36.3. The standard InChI is InChI=1S/C30H29N5O4.C24H20N6O2.C21H31BN2O5.C14H9BrN4O.C9H9NO.C6H3BrClN3/c1-30(2,3)39-29(37)15-22-14-28(36)34(18-22)24-9-7-23(8-10-24)25-17-32-26-11-12-27(33-35(25)26)38-19-21-6-4-5-20(13-21)16-31;25-12-16-2-1-3-17(10-16)15-32-23-9-8-22-27-13-21(30(22)28-23)18-4-6-20(7-5-18)29-14-19(26)11-24(29)31;1-19(2,3)27-18(26)23-15-12-17(25)24(13-15)16-10-8-14(9-11-16)22-28-20(4,5)21(6,7)29-22;15-12-8-17-13-4-5-14(18-19(12)13)20-9-11-3-1-2-10(6-11)7-16;10-5-4-8-2-1-3-9(6-8)7-11;7-4-3-9-6-2-1-5(8)10-11(4)6/h4-13,17,22H,14-15,18-19H2,1-3H3;1-10,13,19H,11,14-15,26H2;8-11,15H,12-13H2,1-7H3,(H,23,26);1-6,8H,9H2;1-3,6,11H,7,10H2;1-3H/t;19-;15-;;;/m.00.../s1. The van der Waals surface area contributed by atoms with Gasteiger partial charge in [-0.25, -0.2) is 42.8 Å². The number of rotatable bonds is 19. The largest absolute Gasteiger partial charge is 0.494 e. The molecule has 34 nitrogen and oxygen atoms in total. The second-order valence-corrected chi connectivity index (χ2v) is 38.3. The number of esters is 1. The van der Waals surface area contributed by atoms with Crippen LogP contribution in [0.2, 0.25) is 5.15 Å². The molecule has 38 heteroatoms. The molecule has 4 aliphatic heterocycles. The number of carbonyl (C=O) groups excluding carboxylic acids is 5. The molecule has 724 valence electrons. The number of carbonyl (C=O) groups is 5. The van der Waals surface area contributed by atoms with E-state index in [0.29, 0.717) is 96.5 Å². The number of aliphatic hydroxyl groups is 1. The quantitative estimate of drug-likeness (QED) is 0.0253. The summed E-state index contributed by atoms with van der Waals surface area (Å²) in [6.07, 6.45) is 7.53. The maximum Gasteiger partial charge on any atom is 0.494 e. The number of imidazole rings is 4. The first kappa shape index (κ1) is 102. The van der Waals surface area contributed by atoms with Gasteiger partial charge in [-0.05, 0) is 256 Å². The number of nitrogens with two attached hydrogens (primary N) is 2. The highest BCUT2D eigenvalue weighted by atomic mass is 79.9. The normalized spacial score (nSPS) is 15.5. The zero-order valence-corrected chi connectivity index (χ0v) is 83.3. The van der Waals surface area contributed by atoms with Gasteiger partial charge in [0.25, 0.3) is 0 Å². The molecule has 19 rings (SSSR count). The first-order valence-electron chi connectivity index (χ1n) is 45.1. The van der Waals surface area contributed by atoms with E-state index in [2.05, 4.69) is 108 Å². The van der Waals surface area contributed by atoms with Crippen LogP contribution in [0.25, 0.3) is 45.1 Å². The Morgan fingerprint density at radius 2 is 0.894 bits per heavy atom. The van der Waals surface area contributed by atoms with Gasteiger partial charge in [-0.15, -0.1) is 15.3 Å². The van der Waals surface area contributed by atoms with Crippen LogP contribution in [-0.4, -0.2) is 155 Å². The van der Waals surface area contributed by atoms with E-state index in [1.807, 2.05) is 194 Å². The number of amides is 4. The molecule has 15 aromatic rings. The van der Waals surface area contributed by atoms with Crippen LogP contribution in [0.5, 0.6) is 17.6 Å². The fourth-order valence-corrected chi connectivity index (χ4v) is 16.1. The number of hydrogen-bond donors (Lipinski definition) is 4. The molecule has 4 amide bonds. The van der Waals surface area contributed by atoms with Crippen LogP contribution < -0.4 is 51.2 Å². The molecule has 6 N–H and O–H groups in total. The van der Waals surface area contributed by atoms with Crippen LogP contribution in [0.3, 0.4) is 0 Å². The Labute approximate surface area is 841 Å². The van der Waals surface area contributed by atoms with Crippen molar-refractivity contribution in [3.63, 3.8) is 0 Å². The molecule has 0 saturated carbocycles. The van der Waals surface area contributed by atoms with Crippen molar-refractivity contribution < 1.29 is 62.1 Å². The number of benzene rings is 7. The molecule has 0 bridgehead atoms. The van der Waals surface area contributed by atoms with Crippen molar-refractivity contribution in [3.05, 3.63) is 302 Å². The lowest BCUT2D eigenvalue weighted by molar-refractivity contribution is -0.155. The number of aromatic nitrogens is 12. The third-order valence-corrected chi connectivity index (χ3v) is 24.0. The van der Waals surface area contributed by atoms with Crippen LogP contribution in [0.15, 0.2) is 252 Å². The molecule has 1 unspecified atom stereocenters. The molecule has 142 heavy (non-hydrogen) atoms. The third kappa shape index (κ3) is 27.0. The van der Waals surface area contributed by atoms with Gasteiger partial charge in [0, 0.05) is 103 Å². The van der Waals surface area contributed by atoms with Gasteiger partial charge < -0.3 is 69.6 Å². The number of alkyl carbamates (subject to hydrolysis) is 1. The summed E-state index contributed by atoms with van der Waals surface area (Å²) in [7, 11) is -0.440. The van der Waals surface area contributed by atoms with Crippen molar-refractivity contribution in [3.8, 4) is 70.3 Å². The van der Waals surface area contributed by atoms with E-state index < -0.39 is 35.6 Å². The van der Waals surface area contributed by atoms with Crippen LogP contribution in [0.1, 0.15) is 139 Å². The number of hydrogen-bond acceptors (Lipinski definition) is 26. The minimum absolute atomic E-state index is 0.00475. The Kier molecular flexibility index (Phi) is 32.9. The van der Waals surface area contributed by atoms with Crippen LogP contribution in [0.4, 0.5) is 21.9 Å². The van der Waals surface area contributed by atoms with Crippen molar-refractivity contribution >= 4 is 125 Å². The lowest BCUT2D eigenvalue weighted by atomic mass is 9.79. The minimum atomic E-state index is -0.574. The van der Waals surface area contributed by atoms with Gasteiger partial charge in [-0.1, -0.05) is 96.5 Å². The summed E-state index contributed by atoms with van der Waals surface area (Å²) in [5.74, 6) is 3.73. The van der Waals surface area contributed by atoms with E-state index in [9.17, 15) is 24.0 Å². The lowest BCUT2D eigenvalue weighted by Gasteiger charge is -2.32. The highest BCUT2D eigenvalue weighted by molar-refractivity contribution is 9.10. The number of ether oxygens (including phenoxy) is 5. The smallest absolute Gasteiger partial charge is 0.472 e. The van der Waals surface area contributed by atoms with Gasteiger partial charge in [-0.3, -0.25) is 19.2 Å². The first-order chi connectivity index (χ1) is 67.9. The molecule has 4 fully saturated rings. The average Bonchev–Trinajstić information content (AvgIpc) is 1.52. The number of aliphatic hydroxyl groups excluding tert-OH is 1. The fourth-order valence-electron chi connectivity index (χ4n) is 15.2. The molecule has 0 aliphatic carbocycles. The van der Waals surface area contributed by atoms with E-state index in [-0.39, 0.29) is 67.7 Å². The van der Waals surface area contributed by atoms with Crippen molar-refractivity contribution in [2.45, 2.75) is 156 Å². The Morgan fingerprint density at radius 3 is 1.34 bits per heavy atom. The lowest BCUT2D eigenvalue weighted by Crippen LogP contribution is -2.41. The number of nitriles is 3. The van der Waals surface area contributed by atoms with Gasteiger partial charge in [0.15, 0.2) is 22.6 Å². The highest BCUT2D eigenvalue weighted by Gasteiger charge is 2.52. The SMILES string of the molecule is CC(C)(C)OC(=O)CC1CC(=O)N(c2ccc(-c3cnc4ccc(OCc5cccc(C#N)c5)nn34)cc2)C1.CC(C)(C)OC(=O)N[C@H]1CC(=O)N(c2ccc(B3OC(C)(C)C(C)(C)O3)cc2)C1.Clc1ccc2ncc(Br)n2n1.N#Cc1cccc(COc2ccc3ncc(-c4ccc(N5C[C@@H](N)CC5=O)cc4)n3n2)c1.N#Cc1cccc(COc2ccc3ncc(Br)n3n2)c1.NC#Cc1cccc(CO)c1. The Morgan fingerprint density at radius 1 is 0.500 bits per heavy atom. The Bertz CT molecular complexity index is 7280. The summed E-state index contributed by atoms with van der Waals surface area (Å²) in [5, 5.41) is 56.5. The average molecular weight is 2060 g/mol. The summed E-state index contributed by atoms with van der Waals surface area (Å²) in [6, 6.07) is 74.7. The maximum atomic E-state index is 12.7. The molecule has 7 aromatic carbocycles. The zero-order valence-electron chi connectivity index (χ0n) is 79.4. The predicted octanol–water partition coefficient (Wildman–Crippen LogP) is 16.0. The van der Waals surface area contributed by atoms with Crippen LogP contribution >= 0.6 is 43.5 Å². The topological polar surface area (TPSA) is 436 Å². The summed E-state index contributed by atoms with van der Waals surface area (Å²) in [6.45, 7) is 21.4. The van der Waals surface area contributed by atoms with Gasteiger partial charge >= 0.3 is 19.2 Å². The van der Waals surface area contributed by atoms with Crippen LogP contribution in [-0.2, 0) is 64.4 Å². The monoisotopic (exact) mass is 2060 g/mol. The number of nitrogens with zero attached hydrogens (tertiary/aromatic N) is 18. The van der Waals surface area contributed by atoms with Crippen molar-refractivity contribution in [1.29, 1.82) is 15.8 Å². The third-order valence-electron chi connectivity index (χ3n) is 22.7. The molecule has 12 heterocycles. The summed E-state index contributed by atoms with van der Waals surface area (Å²) in [4.78, 5) is 83.7. The Hall–Kier alpha value is -15.4. The number of anilines is 3. The van der Waals surface area contributed by atoms with Gasteiger partial charge in [-0.2, -0.15) is 20.9 Å². The molecule has 3 atom stereocenters. The molecule has 8 aromatic heterocycles. The summed E-state index contributed by atoms with van der Waals surface area (Å²) >= 11 is 12.3. The van der Waals surface area contributed by atoms with Gasteiger partial charge in [0.1, 0.15) is 45.4 Å². The predicted molar refractivity (Wildman–Crippen MR) is 541 cm³/mol. The molecular formula is C104H101BBr2ClN21O13. The van der Waals surface area contributed by atoms with E-state index in [1.165, 1.54) is 0 Å². The van der Waals surface area contributed by atoms with E-state index >= 15 is 0 Å². The van der Waals surface area contributed by atoms with Crippen molar-refractivity contribution in [2.24, 2.45) is 17.4 Å². The maximum absolute atomic E-state index is 12.7. The van der Waals surface area contributed by atoms with Gasteiger partial charge in [0.2, 0.25) is 35.4 Å². The first-order valence-corrected chi connectivity index (χ1v) is 47.1. The molecule has 0 radical (unpaired) electrons. The minimum Gasteiger partial charge on any atom is -0.472 e. The van der Waals surface area contributed by atoms with Crippen LogP contribution in [0, 0.1) is 51.9 Å². The van der Waals surface area contributed by atoms with Crippen molar-refractivity contribution in [1.82, 2.24) is 63.7 Å². The molecule has 4 saturated heterocycles. The van der Waals surface area contributed by atoms with Gasteiger partial charge in [0.05, 0.1) is 101 Å². The summed E-state index contributed by atoms with van der Waals surface area (Å²) in [5.41, 5.74) is 24.8. The number of fused-ring (bicyclic) bond motifs is 4. The molecule has 4 aliphatic rings. The highest BCUT2D eigenvalue weighted by Crippen LogP contribution is 2.38. The number of halogens is 3. The Balaban J connectivity index is 0.000000142. The number of nitrogens with one attached hydrogen (secondary N) is 1. The molecule has 0 spiro atoms. The second kappa shape index (κ2) is 45.7. The van der Waals surface area contributed by atoms with E-state index in [4.69, 9.17) is 77.0 Å². The molecular weight excluding hydrogens is 1960 g/mol. The fraction of sp³-hybridized carbons (Fsp3) is 0.269. The van der Waals surface area contributed by atoms with Crippen molar-refractivity contribution in [2.75, 3.05) is 34.3 Å². The summed E-state index contributed by atoms with van der Waals surface area (Å²) < 4.78 is 48.5. The van der Waals surface area contributed by atoms with E-state index in [0.717, 1.165) is 93.4 Å². The zero-order chi connectivity index (χ0) is 101.